The number of aliphatic imine (C=N–C) groups is 2. The van der Waals surface area contributed by atoms with Gasteiger partial charge in [-0.2, -0.15) is 0 Å². The summed E-state index contributed by atoms with van der Waals surface area (Å²) in [7, 11) is 7.79. The number of hydrogen-bond acceptors (Lipinski definition) is 3. The van der Waals surface area contributed by atoms with Crippen LogP contribution in [-0.4, -0.2) is 50.7 Å². The van der Waals surface area contributed by atoms with Gasteiger partial charge in [0.1, 0.15) is 11.3 Å². The van der Waals surface area contributed by atoms with E-state index >= 15 is 0 Å². The number of benzene rings is 2. The Hall–Kier alpha value is -3.08. The normalized spacial score (nSPS) is 11.7. The quantitative estimate of drug-likeness (QED) is 0.508. The highest BCUT2D eigenvalue weighted by Crippen LogP contribution is 2.31. The lowest BCUT2D eigenvalue weighted by Gasteiger charge is -2.02. The van der Waals surface area contributed by atoms with E-state index < -0.39 is 0 Å². The van der Waals surface area contributed by atoms with Gasteiger partial charge in [0.2, 0.25) is 0 Å². The van der Waals surface area contributed by atoms with E-state index in [-0.39, 0.29) is 0 Å². The summed E-state index contributed by atoms with van der Waals surface area (Å²) in [5.41, 5.74) is 3.70. The molecule has 3 aromatic rings. The molecular formula is C20H22N4O. The van der Waals surface area contributed by atoms with Gasteiger partial charge in [0.05, 0.1) is 24.1 Å². The van der Waals surface area contributed by atoms with Gasteiger partial charge in [-0.1, -0.05) is 0 Å². The second kappa shape index (κ2) is 7.21. The second-order valence-electron chi connectivity index (χ2n) is 6.30. The second-order valence-corrected chi connectivity index (χ2v) is 6.30. The zero-order valence-electron chi connectivity index (χ0n) is 15.0. The third kappa shape index (κ3) is 4.26. The van der Waals surface area contributed by atoms with Crippen molar-refractivity contribution in [1.82, 2.24) is 9.80 Å². The predicted octanol–water partition coefficient (Wildman–Crippen LogP) is 4.54. The van der Waals surface area contributed by atoms with Gasteiger partial charge in [0.15, 0.2) is 0 Å². The first-order chi connectivity index (χ1) is 12.0. The van der Waals surface area contributed by atoms with E-state index in [4.69, 9.17) is 4.42 Å². The molecule has 0 amide bonds. The monoisotopic (exact) mass is 334 g/mol. The van der Waals surface area contributed by atoms with Crippen LogP contribution in [0.15, 0.2) is 62.9 Å². The molecule has 0 radical (unpaired) electrons. The van der Waals surface area contributed by atoms with Crippen molar-refractivity contribution in [3.05, 3.63) is 48.5 Å². The van der Waals surface area contributed by atoms with E-state index in [9.17, 15) is 0 Å². The molecule has 2 aromatic carbocycles. The number of hydrogen-bond donors (Lipinski definition) is 0. The van der Waals surface area contributed by atoms with E-state index in [1.54, 1.807) is 12.7 Å². The van der Waals surface area contributed by atoms with Crippen LogP contribution in [0.4, 0.5) is 11.4 Å². The molecule has 1 heterocycles. The lowest BCUT2D eigenvalue weighted by atomic mass is 10.1. The SMILES string of the molecule is CN(C)C=Nc1ccc(-c2cc3cc(N=CN(C)C)ccc3o2)cc1. The van der Waals surface area contributed by atoms with Crippen molar-refractivity contribution in [1.29, 1.82) is 0 Å². The summed E-state index contributed by atoms with van der Waals surface area (Å²) in [4.78, 5) is 12.6. The van der Waals surface area contributed by atoms with Gasteiger partial charge in [-0.25, -0.2) is 9.98 Å². The molecule has 0 unspecified atom stereocenters. The topological polar surface area (TPSA) is 44.3 Å². The Kier molecular flexibility index (Phi) is 4.84. The third-order valence-electron chi connectivity index (χ3n) is 3.53. The first kappa shape index (κ1) is 16.8. The van der Waals surface area contributed by atoms with E-state index in [2.05, 4.69) is 9.98 Å². The van der Waals surface area contributed by atoms with Crippen LogP contribution in [0.3, 0.4) is 0 Å². The lowest BCUT2D eigenvalue weighted by Crippen LogP contribution is -2.06. The van der Waals surface area contributed by atoms with Crippen LogP contribution < -0.4 is 0 Å². The third-order valence-corrected chi connectivity index (χ3v) is 3.53. The number of fused-ring (bicyclic) bond motifs is 1. The van der Waals surface area contributed by atoms with Gasteiger partial charge in [-0.15, -0.1) is 0 Å². The summed E-state index contributed by atoms with van der Waals surface area (Å²) in [5, 5.41) is 1.04. The van der Waals surface area contributed by atoms with Crippen LogP contribution in [-0.2, 0) is 0 Å². The Morgan fingerprint density at radius 1 is 0.760 bits per heavy atom. The van der Waals surface area contributed by atoms with Crippen LogP contribution in [0.1, 0.15) is 0 Å². The van der Waals surface area contributed by atoms with Gasteiger partial charge in [0, 0.05) is 39.1 Å². The summed E-state index contributed by atoms with van der Waals surface area (Å²) in [5.74, 6) is 0.840. The molecule has 5 heteroatoms. The molecule has 5 nitrogen and oxygen atoms in total. The molecular weight excluding hydrogens is 312 g/mol. The number of rotatable bonds is 5. The minimum Gasteiger partial charge on any atom is -0.456 e. The van der Waals surface area contributed by atoms with Gasteiger partial charge >= 0.3 is 0 Å². The van der Waals surface area contributed by atoms with E-state index in [1.165, 1.54) is 0 Å². The molecule has 0 aliphatic rings. The van der Waals surface area contributed by atoms with Crippen molar-refractivity contribution < 1.29 is 4.42 Å². The molecule has 0 spiro atoms. The Bertz CT molecular complexity index is 905. The van der Waals surface area contributed by atoms with Crippen molar-refractivity contribution in [3.8, 4) is 11.3 Å². The summed E-state index contributed by atoms with van der Waals surface area (Å²) in [6.45, 7) is 0. The molecule has 0 N–H and O–H groups in total. The first-order valence-corrected chi connectivity index (χ1v) is 8.06. The van der Waals surface area contributed by atoms with Gasteiger partial charge < -0.3 is 14.2 Å². The molecule has 25 heavy (non-hydrogen) atoms. The zero-order chi connectivity index (χ0) is 17.8. The van der Waals surface area contributed by atoms with Crippen molar-refractivity contribution in [3.63, 3.8) is 0 Å². The Balaban J connectivity index is 1.86. The van der Waals surface area contributed by atoms with E-state index in [0.717, 1.165) is 33.7 Å². The van der Waals surface area contributed by atoms with Crippen LogP contribution in [0.2, 0.25) is 0 Å². The molecule has 1 aromatic heterocycles. The molecule has 0 atom stereocenters. The van der Waals surface area contributed by atoms with Crippen molar-refractivity contribution in [2.75, 3.05) is 28.2 Å². The van der Waals surface area contributed by atoms with Crippen molar-refractivity contribution in [2.24, 2.45) is 9.98 Å². The van der Waals surface area contributed by atoms with Crippen molar-refractivity contribution >= 4 is 35.0 Å². The highest BCUT2D eigenvalue weighted by molar-refractivity contribution is 5.86. The Labute approximate surface area is 147 Å². The summed E-state index contributed by atoms with van der Waals surface area (Å²) < 4.78 is 5.96. The largest absolute Gasteiger partial charge is 0.456 e. The zero-order valence-corrected chi connectivity index (χ0v) is 15.0. The standard InChI is InChI=1S/C20H22N4O/c1-23(2)13-21-17-7-5-15(6-8-17)20-12-16-11-18(22-14-24(3)4)9-10-19(16)25-20/h5-14H,1-4H3. The van der Waals surface area contributed by atoms with Gasteiger partial charge in [-0.05, 0) is 48.5 Å². The smallest absolute Gasteiger partial charge is 0.135 e. The first-order valence-electron chi connectivity index (χ1n) is 8.06. The highest BCUT2D eigenvalue weighted by atomic mass is 16.3. The van der Waals surface area contributed by atoms with Gasteiger partial charge in [-0.3, -0.25) is 0 Å². The van der Waals surface area contributed by atoms with Gasteiger partial charge in [0.25, 0.3) is 0 Å². The van der Waals surface area contributed by atoms with Crippen molar-refractivity contribution in [2.45, 2.75) is 0 Å². The minimum atomic E-state index is 0.840. The Morgan fingerprint density at radius 2 is 1.36 bits per heavy atom. The van der Waals surface area contributed by atoms with E-state index in [1.807, 2.05) is 86.5 Å². The Morgan fingerprint density at radius 3 is 2.00 bits per heavy atom. The number of furan rings is 1. The fourth-order valence-corrected chi connectivity index (χ4v) is 2.33. The lowest BCUT2D eigenvalue weighted by molar-refractivity contribution is 0.631. The fraction of sp³-hybridized carbons (Fsp3) is 0.200. The molecule has 0 saturated heterocycles. The highest BCUT2D eigenvalue weighted by Gasteiger charge is 2.07. The average Bonchev–Trinajstić information content (AvgIpc) is 3.01. The average molecular weight is 334 g/mol. The molecule has 128 valence electrons. The molecule has 0 fully saturated rings. The van der Waals surface area contributed by atoms with Crippen LogP contribution in [0.5, 0.6) is 0 Å². The summed E-state index contributed by atoms with van der Waals surface area (Å²) >= 11 is 0. The summed E-state index contributed by atoms with van der Waals surface area (Å²) in [6, 6.07) is 16.0. The predicted molar refractivity (Wildman–Crippen MR) is 105 cm³/mol. The summed E-state index contributed by atoms with van der Waals surface area (Å²) in [6.07, 6.45) is 3.57. The fourth-order valence-electron chi connectivity index (χ4n) is 2.33. The maximum atomic E-state index is 5.96. The molecule has 3 rings (SSSR count). The molecule has 0 saturated carbocycles. The molecule has 0 aliphatic carbocycles. The molecule has 0 bridgehead atoms. The number of nitrogens with zero attached hydrogens (tertiary/aromatic N) is 4. The van der Waals surface area contributed by atoms with Crippen LogP contribution in [0.25, 0.3) is 22.3 Å². The van der Waals surface area contributed by atoms with Crippen LogP contribution in [0, 0.1) is 0 Å². The maximum Gasteiger partial charge on any atom is 0.135 e. The van der Waals surface area contributed by atoms with Crippen LogP contribution >= 0.6 is 0 Å². The van der Waals surface area contributed by atoms with E-state index in [0.29, 0.717) is 0 Å². The minimum absolute atomic E-state index is 0.840. The maximum absolute atomic E-state index is 5.96. The molecule has 0 aliphatic heterocycles.